The average Bonchev–Trinajstić information content (AvgIpc) is 3.20. The Hall–Kier alpha value is -5.01. The molecule has 1 amide bonds. The third-order valence-electron chi connectivity index (χ3n) is 11.0. The largest absolute Gasteiger partial charge is 0.347 e. The van der Waals surface area contributed by atoms with E-state index < -0.39 is 0 Å². The van der Waals surface area contributed by atoms with Crippen LogP contribution in [0.1, 0.15) is 249 Å². The van der Waals surface area contributed by atoms with Gasteiger partial charge in [0, 0.05) is 59.0 Å². The summed E-state index contributed by atoms with van der Waals surface area (Å²) in [6, 6.07) is 30.7. The molecule has 0 saturated carbocycles. The first-order valence-electron chi connectivity index (χ1n) is 27.7. The molecular weight excluding hydrogens is 937 g/mol. The van der Waals surface area contributed by atoms with Crippen molar-refractivity contribution in [3.8, 4) is 0 Å². The highest BCUT2D eigenvalue weighted by Crippen LogP contribution is 2.32. The van der Waals surface area contributed by atoms with Gasteiger partial charge in [-0.05, 0) is 128 Å². The first-order chi connectivity index (χ1) is 34.2. The molecule has 422 valence electrons. The lowest BCUT2D eigenvalue weighted by Gasteiger charge is -2.28. The van der Waals surface area contributed by atoms with Gasteiger partial charge in [-0.15, -0.1) is 0 Å². The van der Waals surface area contributed by atoms with Crippen LogP contribution in [0.2, 0.25) is 0 Å². The fourth-order valence-electron chi connectivity index (χ4n) is 8.59. The molecule has 4 rings (SSSR count). The van der Waals surface area contributed by atoms with E-state index in [9.17, 15) is 24.0 Å². The lowest BCUT2D eigenvalue weighted by molar-refractivity contribution is -0.117. The number of Topliss-reactive ketones (excluding diaryl/α,β-unsaturated/α-hetero) is 4. The fourth-order valence-corrected chi connectivity index (χ4v) is 8.59. The summed E-state index contributed by atoms with van der Waals surface area (Å²) in [5.74, 6) is 0.558. The molecule has 0 heterocycles. The van der Waals surface area contributed by atoms with Gasteiger partial charge in [-0.3, -0.25) is 24.0 Å². The molecular formula is C69H106N2O5. The van der Waals surface area contributed by atoms with E-state index in [0.717, 1.165) is 40.7 Å². The zero-order valence-electron chi connectivity index (χ0n) is 52.4. The molecule has 0 aromatic heterocycles. The Morgan fingerprint density at radius 3 is 1.07 bits per heavy atom. The van der Waals surface area contributed by atoms with Crippen molar-refractivity contribution in [1.82, 2.24) is 10.6 Å². The zero-order valence-corrected chi connectivity index (χ0v) is 52.4. The molecule has 0 aliphatic rings. The molecule has 0 aliphatic heterocycles. The van der Waals surface area contributed by atoms with Gasteiger partial charge in [0.1, 0.15) is 0 Å². The van der Waals surface area contributed by atoms with Crippen LogP contribution in [0.25, 0.3) is 0 Å². The maximum atomic E-state index is 12.6. The van der Waals surface area contributed by atoms with E-state index >= 15 is 0 Å². The van der Waals surface area contributed by atoms with Gasteiger partial charge < -0.3 is 10.6 Å². The minimum Gasteiger partial charge on any atom is -0.347 e. The highest BCUT2D eigenvalue weighted by atomic mass is 16.2. The summed E-state index contributed by atoms with van der Waals surface area (Å²) in [5.41, 5.74) is 8.42. The topological polar surface area (TPSA) is 109 Å². The molecule has 2 N–H and O–H groups in total. The van der Waals surface area contributed by atoms with Crippen LogP contribution < -0.4 is 10.6 Å². The minimum atomic E-state index is -0.197. The summed E-state index contributed by atoms with van der Waals surface area (Å²) in [7, 11) is 0. The number of ketones is 4. The molecule has 7 heteroatoms. The van der Waals surface area contributed by atoms with Gasteiger partial charge in [0.25, 0.3) is 5.91 Å². The molecule has 7 nitrogen and oxygen atoms in total. The summed E-state index contributed by atoms with van der Waals surface area (Å²) < 4.78 is 0. The number of nitrogens with one attached hydrogen (secondary N) is 2. The lowest BCUT2D eigenvalue weighted by atomic mass is 9.78. The van der Waals surface area contributed by atoms with Crippen molar-refractivity contribution < 1.29 is 24.0 Å². The van der Waals surface area contributed by atoms with Crippen molar-refractivity contribution in [3.63, 3.8) is 0 Å². The van der Waals surface area contributed by atoms with E-state index in [0.29, 0.717) is 48.6 Å². The maximum Gasteiger partial charge on any atom is 0.251 e. The van der Waals surface area contributed by atoms with Crippen LogP contribution >= 0.6 is 0 Å². The number of hydrogen-bond acceptors (Lipinski definition) is 6. The van der Waals surface area contributed by atoms with Gasteiger partial charge >= 0.3 is 0 Å². The molecule has 4 aromatic carbocycles. The number of benzene rings is 4. The summed E-state index contributed by atoms with van der Waals surface area (Å²) >= 11 is 0. The Labute approximate surface area is 464 Å². The summed E-state index contributed by atoms with van der Waals surface area (Å²) in [4.78, 5) is 61.0. The number of rotatable bonds is 14. The van der Waals surface area contributed by atoms with E-state index in [1.807, 2.05) is 133 Å². The van der Waals surface area contributed by atoms with Gasteiger partial charge in [0.05, 0.1) is 6.54 Å². The van der Waals surface area contributed by atoms with Gasteiger partial charge in [-0.1, -0.05) is 210 Å². The predicted octanol–water partition coefficient (Wildman–Crippen LogP) is 17.4. The van der Waals surface area contributed by atoms with Gasteiger partial charge in [0.2, 0.25) is 0 Å². The smallest absolute Gasteiger partial charge is 0.251 e. The van der Waals surface area contributed by atoms with Crippen molar-refractivity contribution in [3.05, 3.63) is 142 Å². The monoisotopic (exact) mass is 1040 g/mol. The van der Waals surface area contributed by atoms with E-state index in [4.69, 9.17) is 0 Å². The van der Waals surface area contributed by atoms with E-state index in [1.165, 1.54) is 17.5 Å². The average molecular weight is 1040 g/mol. The lowest BCUT2D eigenvalue weighted by Crippen LogP contribution is -2.40. The molecule has 76 heavy (non-hydrogen) atoms. The third-order valence-corrected chi connectivity index (χ3v) is 11.0. The second kappa shape index (κ2) is 28.6. The van der Waals surface area contributed by atoms with Crippen molar-refractivity contribution in [2.75, 3.05) is 6.54 Å². The van der Waals surface area contributed by atoms with E-state index in [-0.39, 0.29) is 61.8 Å². The Morgan fingerprint density at radius 2 is 0.724 bits per heavy atom. The first kappa shape index (κ1) is 69.0. The second-order valence-corrected chi connectivity index (χ2v) is 30.5. The van der Waals surface area contributed by atoms with Crippen LogP contribution in [0, 0.1) is 32.5 Å². The third kappa shape index (κ3) is 34.6. The van der Waals surface area contributed by atoms with Gasteiger partial charge in [-0.25, -0.2) is 0 Å². The van der Waals surface area contributed by atoms with Crippen molar-refractivity contribution in [2.45, 2.75) is 222 Å². The molecule has 0 unspecified atom stereocenters. The van der Waals surface area contributed by atoms with Crippen LogP contribution in [0.4, 0.5) is 0 Å². The first-order valence-corrected chi connectivity index (χ1v) is 27.7. The Kier molecular flexibility index (Phi) is 25.9. The molecule has 0 aliphatic carbocycles. The summed E-state index contributed by atoms with van der Waals surface area (Å²) in [6.07, 6.45) is 5.06. The van der Waals surface area contributed by atoms with Crippen molar-refractivity contribution in [2.24, 2.45) is 32.5 Å². The molecule has 0 atom stereocenters. The molecule has 4 aromatic rings. The van der Waals surface area contributed by atoms with Crippen LogP contribution in [-0.4, -0.2) is 46.7 Å². The highest BCUT2D eigenvalue weighted by Gasteiger charge is 2.22. The molecule has 0 bridgehead atoms. The molecule has 0 radical (unpaired) electrons. The predicted molar refractivity (Wildman–Crippen MR) is 324 cm³/mol. The van der Waals surface area contributed by atoms with Crippen molar-refractivity contribution >= 4 is 29.0 Å². The fraction of sp³-hybridized carbons (Fsp3) is 0.580. The zero-order chi connectivity index (χ0) is 58.9. The molecule has 0 fully saturated rings. The maximum absolute atomic E-state index is 12.6. The number of carbonyl (C=O) groups excluding carboxylic acids is 5. The Morgan fingerprint density at radius 1 is 0.355 bits per heavy atom. The van der Waals surface area contributed by atoms with Crippen LogP contribution in [-0.2, 0) is 30.5 Å². The Bertz CT molecular complexity index is 2420. The molecule has 0 spiro atoms. The standard InChI is InChI=1S/C25H32O2.C19H29NO2.C16H25NO.C9H20/c1-24(2,3)16-19-9-13-20(14-10-19)22(26)15-18-7-11-21(12-8-18)23(27)17-25(4,5)6;1-18(2,3)12-17(22)15-9-7-14(8-10-15)11-16(21)13-20-19(4,5)6;1-15(2,3)11-12-8-7-9-13(10-12)14(18)17-16(4,5)6;1-8(2,3)7-9(4,5)6/h7-14H,15-17H2,1-6H3;7-10,20H,11-13H2,1-6H3;7-10H,11H2,1-6H3,(H,17,18);7H2,1-6H3. The summed E-state index contributed by atoms with van der Waals surface area (Å²) in [6.45, 7) is 51.8. The SMILES string of the molecule is CC(C)(C)CC(=O)c1ccc(CC(=O)CNC(C)(C)C)cc1.CC(C)(C)CC(=O)c1ccc(CC(=O)c2ccc(CC(C)(C)C)cc2)cc1.CC(C)(C)CC(C)(C)C.CC(C)(C)Cc1cccc(C(=O)NC(C)(C)C)c1. The second-order valence-electron chi connectivity index (χ2n) is 30.5. The Balaban J connectivity index is 0.000000535. The number of amides is 1. The van der Waals surface area contributed by atoms with Gasteiger partial charge in [-0.2, -0.15) is 0 Å². The van der Waals surface area contributed by atoms with E-state index in [2.05, 4.69) is 141 Å². The minimum absolute atomic E-state index is 0.00161. The van der Waals surface area contributed by atoms with E-state index in [1.54, 1.807) is 0 Å². The quantitative estimate of drug-likeness (QED) is 0.122. The van der Waals surface area contributed by atoms with Gasteiger partial charge in [0.15, 0.2) is 23.1 Å². The highest BCUT2D eigenvalue weighted by molar-refractivity contribution is 5.99. The van der Waals surface area contributed by atoms with Crippen molar-refractivity contribution in [1.29, 1.82) is 0 Å². The summed E-state index contributed by atoms with van der Waals surface area (Å²) in [5, 5.41) is 6.18. The van der Waals surface area contributed by atoms with Crippen LogP contribution in [0.15, 0.2) is 97.1 Å². The number of hydrogen-bond donors (Lipinski definition) is 2. The molecule has 0 saturated heterocycles. The van der Waals surface area contributed by atoms with Crippen LogP contribution in [0.5, 0.6) is 0 Å². The van der Waals surface area contributed by atoms with Crippen LogP contribution in [0.3, 0.4) is 0 Å². The normalized spacial score (nSPS) is 12.4. The number of carbonyl (C=O) groups is 5.